The number of hydrogen-bond acceptors (Lipinski definition) is 5. The van der Waals surface area contributed by atoms with Crippen LogP contribution in [0.15, 0.2) is 24.5 Å². The number of halogens is 3. The summed E-state index contributed by atoms with van der Waals surface area (Å²) in [5.74, 6) is -0.328. The van der Waals surface area contributed by atoms with Crippen LogP contribution in [0.1, 0.15) is 17.0 Å². The average Bonchev–Trinajstić information content (AvgIpc) is 3.14. The van der Waals surface area contributed by atoms with E-state index in [0.717, 1.165) is 18.0 Å². The number of nitrogens with zero attached hydrogens (tertiary/aromatic N) is 6. The fourth-order valence-corrected chi connectivity index (χ4v) is 2.49. The first-order valence-electron chi connectivity index (χ1n) is 7.89. The highest BCUT2D eigenvalue weighted by Gasteiger charge is 2.30. The Hall–Kier alpha value is -3.24. The zero-order valence-electron chi connectivity index (χ0n) is 14.7. The first-order chi connectivity index (χ1) is 12.6. The zero-order chi connectivity index (χ0) is 19.8. The van der Waals surface area contributed by atoms with E-state index in [4.69, 9.17) is 0 Å². The quantitative estimate of drug-likeness (QED) is 0.752. The highest BCUT2D eigenvalue weighted by molar-refractivity contribution is 5.91. The third kappa shape index (κ3) is 3.96. The van der Waals surface area contributed by atoms with Crippen molar-refractivity contribution in [3.05, 3.63) is 41.5 Å². The van der Waals surface area contributed by atoms with Gasteiger partial charge in [0, 0.05) is 13.2 Å². The minimum absolute atomic E-state index is 0.110. The second-order valence-electron chi connectivity index (χ2n) is 5.95. The van der Waals surface area contributed by atoms with Crippen LogP contribution in [0.2, 0.25) is 0 Å². The van der Waals surface area contributed by atoms with Crippen LogP contribution in [0.3, 0.4) is 0 Å². The van der Waals surface area contributed by atoms with Crippen LogP contribution in [0.25, 0.3) is 11.4 Å². The smallest absolute Gasteiger partial charge is 0.321 e. The number of aryl methyl sites for hydroxylation is 2. The normalized spacial score (nSPS) is 11.6. The van der Waals surface area contributed by atoms with Crippen molar-refractivity contribution in [1.29, 1.82) is 0 Å². The predicted octanol–water partition coefficient (Wildman–Crippen LogP) is 2.35. The number of nitrogens with one attached hydrogen (secondary N) is 1. The Bertz CT molecular complexity index is 973. The third-order valence-corrected chi connectivity index (χ3v) is 3.97. The van der Waals surface area contributed by atoms with Gasteiger partial charge in [-0.2, -0.15) is 18.3 Å². The highest BCUT2D eigenvalue weighted by atomic mass is 19.4. The molecule has 11 heteroatoms. The molecule has 0 radical (unpaired) electrons. The molecule has 27 heavy (non-hydrogen) atoms. The molecule has 3 aromatic heterocycles. The third-order valence-electron chi connectivity index (χ3n) is 3.97. The van der Waals surface area contributed by atoms with Crippen molar-refractivity contribution in [2.75, 3.05) is 5.32 Å². The van der Waals surface area contributed by atoms with Gasteiger partial charge in [-0.15, -0.1) is 5.10 Å². The lowest BCUT2D eigenvalue weighted by Gasteiger charge is -2.06. The molecule has 0 aliphatic heterocycles. The average molecular weight is 379 g/mol. The summed E-state index contributed by atoms with van der Waals surface area (Å²) in [7, 11) is 1.78. The molecule has 0 saturated carbocycles. The molecule has 0 fully saturated rings. The maximum Gasteiger partial charge on any atom is 0.417 e. The minimum Gasteiger partial charge on any atom is -0.321 e. The Balaban J connectivity index is 1.69. The monoisotopic (exact) mass is 379 g/mol. The largest absolute Gasteiger partial charge is 0.417 e. The van der Waals surface area contributed by atoms with E-state index in [-0.39, 0.29) is 23.8 Å². The fraction of sp³-hybridized carbons (Fsp3) is 0.312. The van der Waals surface area contributed by atoms with Gasteiger partial charge in [0.05, 0.1) is 34.5 Å². The molecule has 0 aliphatic rings. The molecule has 0 atom stereocenters. The molecule has 0 saturated heterocycles. The van der Waals surface area contributed by atoms with E-state index in [1.807, 2.05) is 6.92 Å². The van der Waals surface area contributed by atoms with E-state index in [1.165, 1.54) is 16.9 Å². The van der Waals surface area contributed by atoms with E-state index < -0.39 is 11.7 Å². The van der Waals surface area contributed by atoms with E-state index in [1.54, 1.807) is 18.7 Å². The Morgan fingerprint density at radius 1 is 1.22 bits per heavy atom. The Labute approximate surface area is 152 Å². The van der Waals surface area contributed by atoms with Gasteiger partial charge in [-0.1, -0.05) is 5.21 Å². The van der Waals surface area contributed by atoms with Crippen LogP contribution < -0.4 is 5.32 Å². The number of aromatic nitrogens is 6. The second-order valence-corrected chi connectivity index (χ2v) is 5.95. The van der Waals surface area contributed by atoms with Crippen molar-refractivity contribution in [2.45, 2.75) is 26.6 Å². The molecule has 0 bridgehead atoms. The van der Waals surface area contributed by atoms with Gasteiger partial charge in [0.2, 0.25) is 5.91 Å². The molecule has 3 aromatic rings. The summed E-state index contributed by atoms with van der Waals surface area (Å²) in [6.07, 6.45) is -2.28. The van der Waals surface area contributed by atoms with E-state index in [9.17, 15) is 18.0 Å². The molecule has 0 spiro atoms. The Morgan fingerprint density at radius 3 is 2.52 bits per heavy atom. The molecule has 0 unspecified atom stereocenters. The number of rotatable bonds is 4. The Morgan fingerprint density at radius 2 is 1.96 bits per heavy atom. The molecule has 3 heterocycles. The van der Waals surface area contributed by atoms with E-state index in [2.05, 4.69) is 25.7 Å². The molecule has 142 valence electrons. The number of carbonyl (C=O) groups is 1. The van der Waals surface area contributed by atoms with Gasteiger partial charge in [-0.05, 0) is 26.0 Å². The summed E-state index contributed by atoms with van der Waals surface area (Å²) in [6.45, 7) is 3.51. The fourth-order valence-electron chi connectivity index (χ4n) is 2.49. The van der Waals surface area contributed by atoms with Crippen LogP contribution in [-0.2, 0) is 24.6 Å². The summed E-state index contributed by atoms with van der Waals surface area (Å²) >= 11 is 0. The molecule has 0 aromatic carbocycles. The van der Waals surface area contributed by atoms with Crippen molar-refractivity contribution in [1.82, 2.24) is 29.8 Å². The molecule has 1 amide bonds. The van der Waals surface area contributed by atoms with Crippen molar-refractivity contribution in [3.63, 3.8) is 0 Å². The number of anilines is 1. The summed E-state index contributed by atoms with van der Waals surface area (Å²) in [5, 5.41) is 14.7. The van der Waals surface area contributed by atoms with Crippen LogP contribution in [0.4, 0.5) is 18.9 Å². The van der Waals surface area contributed by atoms with Crippen molar-refractivity contribution in [3.8, 4) is 11.4 Å². The van der Waals surface area contributed by atoms with Crippen LogP contribution in [-0.4, -0.2) is 35.7 Å². The lowest BCUT2D eigenvalue weighted by molar-refractivity contribution is -0.137. The van der Waals surface area contributed by atoms with Crippen molar-refractivity contribution < 1.29 is 18.0 Å². The summed E-state index contributed by atoms with van der Waals surface area (Å²) in [4.78, 5) is 16.0. The van der Waals surface area contributed by atoms with E-state index >= 15 is 0 Å². The first kappa shape index (κ1) is 18.5. The molecular weight excluding hydrogens is 363 g/mol. The summed E-state index contributed by atoms with van der Waals surface area (Å²) < 4.78 is 40.7. The predicted molar refractivity (Wildman–Crippen MR) is 89.6 cm³/mol. The van der Waals surface area contributed by atoms with Gasteiger partial charge < -0.3 is 5.32 Å². The van der Waals surface area contributed by atoms with Gasteiger partial charge in [-0.25, -0.2) is 4.68 Å². The highest BCUT2D eigenvalue weighted by Crippen LogP contribution is 2.29. The maximum absolute atomic E-state index is 12.6. The van der Waals surface area contributed by atoms with Gasteiger partial charge >= 0.3 is 6.18 Å². The number of hydrogen-bond donors (Lipinski definition) is 1. The van der Waals surface area contributed by atoms with Crippen molar-refractivity contribution >= 4 is 11.6 Å². The Kier molecular flexibility index (Phi) is 4.68. The van der Waals surface area contributed by atoms with Gasteiger partial charge in [-0.3, -0.25) is 14.5 Å². The number of amides is 1. The summed E-state index contributed by atoms with van der Waals surface area (Å²) in [5.41, 5.74) is 1.79. The number of alkyl halides is 3. The second kappa shape index (κ2) is 6.82. The van der Waals surface area contributed by atoms with Gasteiger partial charge in [0.15, 0.2) is 0 Å². The zero-order valence-corrected chi connectivity index (χ0v) is 14.7. The first-order valence-corrected chi connectivity index (χ1v) is 7.89. The molecule has 8 nitrogen and oxygen atoms in total. The van der Waals surface area contributed by atoms with Crippen LogP contribution >= 0.6 is 0 Å². The standard InChI is InChI=1S/C16H16F3N7O/c1-9-15(10(2)25(3)23-9)21-14(27)8-26-7-13(22-24-26)12-5-4-11(6-20-12)16(17,18)19/h4-7H,8H2,1-3H3,(H,21,27). The van der Waals surface area contributed by atoms with Crippen molar-refractivity contribution in [2.24, 2.45) is 7.05 Å². The van der Waals surface area contributed by atoms with Crippen LogP contribution in [0, 0.1) is 13.8 Å². The number of pyridine rings is 1. The molecule has 0 aliphatic carbocycles. The van der Waals surface area contributed by atoms with Gasteiger partial charge in [0.1, 0.15) is 12.2 Å². The topological polar surface area (TPSA) is 90.5 Å². The lowest BCUT2D eigenvalue weighted by atomic mass is 10.2. The summed E-state index contributed by atoms with van der Waals surface area (Å²) in [6, 6.07) is 2.13. The van der Waals surface area contributed by atoms with Gasteiger partial charge in [0.25, 0.3) is 0 Å². The SMILES string of the molecule is Cc1nn(C)c(C)c1NC(=O)Cn1cc(-c2ccc(C(F)(F)F)cn2)nn1. The molecule has 1 N–H and O–H groups in total. The minimum atomic E-state index is -4.45. The lowest BCUT2D eigenvalue weighted by Crippen LogP contribution is -2.19. The molecule has 3 rings (SSSR count). The number of carbonyl (C=O) groups excluding carboxylic acids is 1. The maximum atomic E-state index is 12.6. The molecular formula is C16H16F3N7O. The van der Waals surface area contributed by atoms with E-state index in [0.29, 0.717) is 11.4 Å². The van der Waals surface area contributed by atoms with Crippen LogP contribution in [0.5, 0.6) is 0 Å².